The maximum atomic E-state index is 12.8. The number of esters is 1. The van der Waals surface area contributed by atoms with E-state index in [-0.39, 0.29) is 17.7 Å². The molecule has 1 heterocycles. The highest BCUT2D eigenvalue weighted by molar-refractivity contribution is 7.88. The molecule has 0 radical (unpaired) electrons. The number of methoxy groups -OCH3 is 1. The molecule has 0 bridgehead atoms. The van der Waals surface area contributed by atoms with Gasteiger partial charge in [0.1, 0.15) is 5.75 Å². The summed E-state index contributed by atoms with van der Waals surface area (Å²) in [6.45, 7) is 1.83. The Morgan fingerprint density at radius 3 is 2.47 bits per heavy atom. The van der Waals surface area contributed by atoms with Gasteiger partial charge >= 0.3 is 21.6 Å². The van der Waals surface area contributed by atoms with Crippen molar-refractivity contribution in [2.75, 3.05) is 13.7 Å². The van der Waals surface area contributed by atoms with Crippen molar-refractivity contribution < 1.29 is 49.6 Å². The second-order valence-electron chi connectivity index (χ2n) is 6.51. The minimum absolute atomic E-state index is 0.0173. The number of halogens is 3. The van der Waals surface area contributed by atoms with E-state index in [0.717, 1.165) is 26.0 Å². The Bertz CT molecular complexity index is 889. The van der Waals surface area contributed by atoms with E-state index in [1.807, 2.05) is 0 Å². The highest BCUT2D eigenvalue weighted by atomic mass is 32.2. The Hall–Kier alpha value is -2.34. The monoisotopic (exact) mass is 454 g/mol. The first-order chi connectivity index (χ1) is 13.9. The molecule has 1 aliphatic rings. The van der Waals surface area contributed by atoms with Gasteiger partial charge in [-0.1, -0.05) is 0 Å². The predicted octanol–water partition coefficient (Wildman–Crippen LogP) is 3.26. The summed E-state index contributed by atoms with van der Waals surface area (Å²) in [5, 5.41) is 0. The van der Waals surface area contributed by atoms with E-state index >= 15 is 0 Å². The standard InChI is InChI=1S/C18H21F3O8S/c1-11-9-12(28-16-5-3-4-8-27-16)10-14(29-30(24,25)18(19,20)21)17(11)13(22)6-7-15(23)26-2/h9-10,16H,3-8H2,1-2H3. The molecule has 0 aromatic heterocycles. The van der Waals surface area contributed by atoms with Gasteiger partial charge in [-0.3, -0.25) is 9.59 Å². The third kappa shape index (κ3) is 6.08. The number of carbonyl (C=O) groups is 2. The fourth-order valence-electron chi connectivity index (χ4n) is 2.78. The predicted molar refractivity (Wildman–Crippen MR) is 96.6 cm³/mol. The summed E-state index contributed by atoms with van der Waals surface area (Å²) in [5.74, 6) is -2.35. The molecule has 0 amide bonds. The van der Waals surface area contributed by atoms with Gasteiger partial charge in [-0.25, -0.2) is 0 Å². The number of benzene rings is 1. The summed E-state index contributed by atoms with van der Waals surface area (Å²) in [4.78, 5) is 23.8. The van der Waals surface area contributed by atoms with Crippen molar-refractivity contribution >= 4 is 21.9 Å². The van der Waals surface area contributed by atoms with Crippen molar-refractivity contribution in [2.45, 2.75) is 50.8 Å². The largest absolute Gasteiger partial charge is 0.534 e. The second kappa shape index (κ2) is 9.65. The van der Waals surface area contributed by atoms with Gasteiger partial charge in [-0.2, -0.15) is 21.6 Å². The molecule has 12 heteroatoms. The highest BCUT2D eigenvalue weighted by Crippen LogP contribution is 2.35. The normalized spacial score (nSPS) is 17.3. The lowest BCUT2D eigenvalue weighted by atomic mass is 10.00. The number of ether oxygens (including phenoxy) is 3. The average Bonchev–Trinajstić information content (AvgIpc) is 2.65. The van der Waals surface area contributed by atoms with Crippen LogP contribution in [0.3, 0.4) is 0 Å². The third-order valence-corrected chi connectivity index (χ3v) is 5.19. The number of Topliss-reactive ketones (excluding diaryl/α,β-unsaturated/α-hetero) is 1. The number of aryl methyl sites for hydroxylation is 1. The Labute approximate surface area is 171 Å². The van der Waals surface area contributed by atoms with Crippen LogP contribution in [0.25, 0.3) is 0 Å². The van der Waals surface area contributed by atoms with Crippen LogP contribution in [0.5, 0.6) is 11.5 Å². The fraction of sp³-hybridized carbons (Fsp3) is 0.556. The average molecular weight is 454 g/mol. The van der Waals surface area contributed by atoms with Gasteiger partial charge in [0.15, 0.2) is 17.8 Å². The van der Waals surface area contributed by atoms with Crippen LogP contribution in [0.1, 0.15) is 48.0 Å². The molecule has 1 aromatic rings. The minimum atomic E-state index is -6.04. The van der Waals surface area contributed by atoms with Crippen LogP contribution < -0.4 is 8.92 Å². The van der Waals surface area contributed by atoms with Crippen molar-refractivity contribution in [1.29, 1.82) is 0 Å². The SMILES string of the molecule is COC(=O)CCC(=O)c1c(C)cc(OC2CCCCO2)cc1OS(=O)(=O)C(F)(F)F. The molecular formula is C18H21F3O8S. The molecule has 1 aliphatic heterocycles. The van der Waals surface area contributed by atoms with Crippen molar-refractivity contribution in [2.24, 2.45) is 0 Å². The van der Waals surface area contributed by atoms with E-state index in [1.54, 1.807) is 0 Å². The number of alkyl halides is 3. The van der Waals surface area contributed by atoms with E-state index in [2.05, 4.69) is 8.92 Å². The van der Waals surface area contributed by atoms with Crippen LogP contribution in [0, 0.1) is 6.92 Å². The number of rotatable bonds is 8. The van der Waals surface area contributed by atoms with Crippen molar-refractivity contribution in [3.05, 3.63) is 23.3 Å². The molecule has 1 saturated heterocycles. The zero-order valence-electron chi connectivity index (χ0n) is 16.3. The first-order valence-corrected chi connectivity index (χ1v) is 10.4. The maximum absolute atomic E-state index is 12.8. The summed E-state index contributed by atoms with van der Waals surface area (Å²) >= 11 is 0. The zero-order valence-corrected chi connectivity index (χ0v) is 17.1. The maximum Gasteiger partial charge on any atom is 0.534 e. The summed E-state index contributed by atoms with van der Waals surface area (Å²) in [5.41, 5.74) is -5.98. The fourth-order valence-corrected chi connectivity index (χ4v) is 3.24. The van der Waals surface area contributed by atoms with Crippen LogP contribution in [-0.2, 0) is 24.4 Å². The molecule has 1 aromatic carbocycles. The van der Waals surface area contributed by atoms with Crippen molar-refractivity contribution in [1.82, 2.24) is 0 Å². The van der Waals surface area contributed by atoms with Crippen LogP contribution >= 0.6 is 0 Å². The van der Waals surface area contributed by atoms with E-state index in [1.165, 1.54) is 13.0 Å². The lowest BCUT2D eigenvalue weighted by Crippen LogP contribution is -2.29. The molecule has 0 spiro atoms. The van der Waals surface area contributed by atoms with Crippen LogP contribution in [-0.4, -0.2) is 45.7 Å². The van der Waals surface area contributed by atoms with E-state index < -0.39 is 51.4 Å². The van der Waals surface area contributed by atoms with Gasteiger partial charge < -0.3 is 18.4 Å². The molecular weight excluding hydrogens is 433 g/mol. The van der Waals surface area contributed by atoms with Crippen LogP contribution in [0.2, 0.25) is 0 Å². The van der Waals surface area contributed by atoms with Crippen LogP contribution in [0.4, 0.5) is 13.2 Å². The number of carbonyl (C=O) groups excluding carboxylic acids is 2. The molecule has 2 rings (SSSR count). The number of hydrogen-bond donors (Lipinski definition) is 0. The van der Waals surface area contributed by atoms with Crippen molar-refractivity contribution in [3.8, 4) is 11.5 Å². The van der Waals surface area contributed by atoms with E-state index in [4.69, 9.17) is 9.47 Å². The summed E-state index contributed by atoms with van der Waals surface area (Å²) in [6.07, 6.45) is 0.780. The number of hydrogen-bond acceptors (Lipinski definition) is 8. The van der Waals surface area contributed by atoms with Gasteiger partial charge in [0, 0.05) is 18.9 Å². The third-order valence-electron chi connectivity index (χ3n) is 4.22. The van der Waals surface area contributed by atoms with Crippen LogP contribution in [0.15, 0.2) is 12.1 Å². The van der Waals surface area contributed by atoms with Gasteiger partial charge in [0.05, 0.1) is 25.7 Å². The molecule has 168 valence electrons. The van der Waals surface area contributed by atoms with E-state index in [9.17, 15) is 31.2 Å². The van der Waals surface area contributed by atoms with Gasteiger partial charge in [0.25, 0.3) is 0 Å². The van der Waals surface area contributed by atoms with E-state index in [0.29, 0.717) is 13.0 Å². The first kappa shape index (κ1) is 23.9. The lowest BCUT2D eigenvalue weighted by molar-refractivity contribution is -0.140. The smallest absolute Gasteiger partial charge is 0.469 e. The molecule has 0 aliphatic carbocycles. The first-order valence-electron chi connectivity index (χ1n) is 8.98. The molecule has 1 fully saturated rings. The molecule has 0 N–H and O–H groups in total. The molecule has 8 nitrogen and oxygen atoms in total. The van der Waals surface area contributed by atoms with Gasteiger partial charge in [-0.15, -0.1) is 0 Å². The number of ketones is 1. The second-order valence-corrected chi connectivity index (χ2v) is 8.05. The Morgan fingerprint density at radius 2 is 1.90 bits per heavy atom. The van der Waals surface area contributed by atoms with Crippen molar-refractivity contribution in [3.63, 3.8) is 0 Å². The Morgan fingerprint density at radius 1 is 1.20 bits per heavy atom. The molecule has 0 saturated carbocycles. The quantitative estimate of drug-likeness (QED) is 0.255. The Balaban J connectivity index is 2.40. The zero-order chi connectivity index (χ0) is 22.5. The van der Waals surface area contributed by atoms with Gasteiger partial charge in [0.2, 0.25) is 0 Å². The molecule has 1 unspecified atom stereocenters. The van der Waals surface area contributed by atoms with Gasteiger partial charge in [-0.05, 0) is 31.4 Å². The summed E-state index contributed by atoms with van der Waals surface area (Å²) in [7, 11) is -4.93. The highest BCUT2D eigenvalue weighted by Gasteiger charge is 2.49. The molecule has 1 atom stereocenters. The Kier molecular flexibility index (Phi) is 7.70. The lowest BCUT2D eigenvalue weighted by Gasteiger charge is -2.24. The summed E-state index contributed by atoms with van der Waals surface area (Å²) in [6, 6.07) is 2.25. The molecule has 30 heavy (non-hydrogen) atoms. The topological polar surface area (TPSA) is 105 Å². The minimum Gasteiger partial charge on any atom is -0.469 e. The summed E-state index contributed by atoms with van der Waals surface area (Å²) < 4.78 is 81.1.